The number of hydrogen-bond donors (Lipinski definition) is 1. The van der Waals surface area contributed by atoms with E-state index in [0.717, 1.165) is 17.8 Å². The van der Waals surface area contributed by atoms with Crippen molar-refractivity contribution in [1.29, 1.82) is 0 Å². The molecule has 1 aromatic rings. The number of benzene rings is 1. The largest absolute Gasteiger partial charge is 0.398 e. The topological polar surface area (TPSA) is 29.3 Å². The Hall–Kier alpha value is -1.46. The monoisotopic (exact) mass is 298 g/mol. The van der Waals surface area contributed by atoms with Crippen LogP contribution in [0.2, 0.25) is 0 Å². The average Bonchev–Trinajstić information content (AvgIpc) is 2.62. The minimum Gasteiger partial charge on any atom is -0.398 e. The lowest BCUT2D eigenvalue weighted by Crippen LogP contribution is -2.10. The Kier molecular flexibility index (Phi) is 6.80. The van der Waals surface area contributed by atoms with Crippen LogP contribution in [-0.4, -0.2) is 25.5 Å². The van der Waals surface area contributed by atoms with E-state index in [-0.39, 0.29) is 0 Å². The van der Waals surface area contributed by atoms with Gasteiger partial charge in [-0.3, -0.25) is 4.90 Å². The van der Waals surface area contributed by atoms with Crippen LogP contribution in [0.5, 0.6) is 0 Å². The van der Waals surface area contributed by atoms with E-state index in [1.807, 2.05) is 20.2 Å². The molecule has 22 heavy (non-hydrogen) atoms. The average molecular weight is 298 g/mol. The lowest BCUT2D eigenvalue weighted by Gasteiger charge is -2.17. The van der Waals surface area contributed by atoms with Crippen LogP contribution in [0, 0.1) is 11.8 Å². The number of nitrogens with two attached hydrogens (primary N) is 1. The predicted octanol–water partition coefficient (Wildman–Crippen LogP) is 4.40. The Balaban J connectivity index is 2.13. The Labute approximate surface area is 136 Å². The van der Waals surface area contributed by atoms with Crippen LogP contribution in [0.1, 0.15) is 68.4 Å². The quantitative estimate of drug-likeness (QED) is 0.647. The number of hydrogen-bond acceptors (Lipinski definition) is 2. The third-order valence-corrected chi connectivity index (χ3v) is 4.52. The molecular weight excluding hydrogens is 268 g/mol. The summed E-state index contributed by atoms with van der Waals surface area (Å²) in [6, 6.07) is 6.50. The molecule has 0 heterocycles. The summed E-state index contributed by atoms with van der Waals surface area (Å²) in [5, 5.41) is 0. The zero-order valence-electron chi connectivity index (χ0n) is 14.2. The van der Waals surface area contributed by atoms with E-state index >= 15 is 0 Å². The third-order valence-electron chi connectivity index (χ3n) is 4.52. The molecule has 0 unspecified atom stereocenters. The van der Waals surface area contributed by atoms with Crippen molar-refractivity contribution in [2.45, 2.75) is 57.3 Å². The molecule has 2 nitrogen and oxygen atoms in total. The van der Waals surface area contributed by atoms with Gasteiger partial charge in [-0.2, -0.15) is 0 Å². The van der Waals surface area contributed by atoms with Gasteiger partial charge in [-0.15, -0.1) is 0 Å². The lowest BCUT2D eigenvalue weighted by atomic mass is 9.88. The molecule has 2 heteroatoms. The summed E-state index contributed by atoms with van der Waals surface area (Å²) in [5.74, 6) is 7.14. The Morgan fingerprint density at radius 1 is 1.05 bits per heavy atom. The highest BCUT2D eigenvalue weighted by Gasteiger charge is 2.14. The Morgan fingerprint density at radius 3 is 2.32 bits per heavy atom. The zero-order chi connectivity index (χ0) is 15.8. The minimum absolute atomic E-state index is 0.688. The first-order valence-electron chi connectivity index (χ1n) is 8.70. The molecule has 1 fully saturated rings. The third kappa shape index (κ3) is 5.39. The normalized spacial score (nSPS) is 17.2. The van der Waals surface area contributed by atoms with E-state index in [4.69, 9.17) is 5.73 Å². The molecule has 1 aliphatic carbocycles. The molecule has 0 bridgehead atoms. The second kappa shape index (κ2) is 8.86. The van der Waals surface area contributed by atoms with Gasteiger partial charge in [0.05, 0.1) is 6.54 Å². The van der Waals surface area contributed by atoms with E-state index in [9.17, 15) is 0 Å². The molecule has 0 radical (unpaired) electrons. The van der Waals surface area contributed by atoms with Gasteiger partial charge in [-0.05, 0) is 50.6 Å². The molecule has 120 valence electrons. The van der Waals surface area contributed by atoms with E-state index in [0.29, 0.717) is 5.92 Å². The summed E-state index contributed by atoms with van der Waals surface area (Å²) >= 11 is 0. The fourth-order valence-electron chi connectivity index (χ4n) is 3.20. The summed E-state index contributed by atoms with van der Waals surface area (Å²) in [5.41, 5.74) is 9.34. The van der Waals surface area contributed by atoms with Crippen LogP contribution >= 0.6 is 0 Å². The highest BCUT2D eigenvalue weighted by Crippen LogP contribution is 2.31. The van der Waals surface area contributed by atoms with Gasteiger partial charge in [0, 0.05) is 11.3 Å². The maximum absolute atomic E-state index is 6.10. The van der Waals surface area contributed by atoms with Gasteiger partial charge in [-0.25, -0.2) is 0 Å². The molecule has 2 rings (SSSR count). The number of nitrogens with zero attached hydrogens (tertiary/aromatic N) is 1. The van der Waals surface area contributed by atoms with Crippen LogP contribution < -0.4 is 5.73 Å². The molecule has 1 saturated carbocycles. The fourth-order valence-corrected chi connectivity index (χ4v) is 3.20. The molecule has 0 aromatic heterocycles. The number of rotatable bonds is 2. The zero-order valence-corrected chi connectivity index (χ0v) is 14.2. The first-order chi connectivity index (χ1) is 10.7. The molecular formula is C20H30N2. The number of nitrogen functional groups attached to an aromatic ring is 1. The molecule has 1 aliphatic rings. The molecule has 0 atom stereocenters. The van der Waals surface area contributed by atoms with Crippen molar-refractivity contribution >= 4 is 5.69 Å². The lowest BCUT2D eigenvalue weighted by molar-refractivity contribution is 0.464. The van der Waals surface area contributed by atoms with Crippen LogP contribution in [0.3, 0.4) is 0 Å². The smallest absolute Gasteiger partial charge is 0.0600 e. The second-order valence-electron chi connectivity index (χ2n) is 6.78. The Bertz CT molecular complexity index is 512. The highest BCUT2D eigenvalue weighted by atomic mass is 15.0. The van der Waals surface area contributed by atoms with Gasteiger partial charge < -0.3 is 5.73 Å². The van der Waals surface area contributed by atoms with Crippen LogP contribution in [0.4, 0.5) is 5.69 Å². The van der Waals surface area contributed by atoms with Gasteiger partial charge in [0.2, 0.25) is 0 Å². The summed E-state index contributed by atoms with van der Waals surface area (Å²) < 4.78 is 0. The first-order valence-corrected chi connectivity index (χ1v) is 8.70. The fraction of sp³-hybridized carbons (Fsp3) is 0.600. The summed E-state index contributed by atoms with van der Waals surface area (Å²) in [6.07, 6.45) is 10.9. The molecule has 1 aromatic carbocycles. The minimum atomic E-state index is 0.688. The van der Waals surface area contributed by atoms with Gasteiger partial charge in [0.1, 0.15) is 0 Å². The summed E-state index contributed by atoms with van der Waals surface area (Å²) in [4.78, 5) is 2.07. The Morgan fingerprint density at radius 2 is 1.68 bits per heavy atom. The van der Waals surface area contributed by atoms with Gasteiger partial charge in [0.25, 0.3) is 0 Å². The van der Waals surface area contributed by atoms with Crippen molar-refractivity contribution in [3.05, 3.63) is 29.3 Å². The van der Waals surface area contributed by atoms with Crippen molar-refractivity contribution < 1.29 is 0 Å². The molecule has 0 saturated heterocycles. The maximum Gasteiger partial charge on any atom is 0.0600 e. The molecule has 0 aliphatic heterocycles. The van der Waals surface area contributed by atoms with Crippen molar-refractivity contribution in [2.24, 2.45) is 0 Å². The highest BCUT2D eigenvalue weighted by molar-refractivity contribution is 5.57. The van der Waals surface area contributed by atoms with Crippen LogP contribution in [0.15, 0.2) is 18.2 Å². The molecule has 0 spiro atoms. The van der Waals surface area contributed by atoms with Crippen molar-refractivity contribution in [3.8, 4) is 11.8 Å². The van der Waals surface area contributed by atoms with Crippen LogP contribution in [-0.2, 0) is 0 Å². The van der Waals surface area contributed by atoms with Crippen molar-refractivity contribution in [3.63, 3.8) is 0 Å². The number of anilines is 1. The van der Waals surface area contributed by atoms with E-state index in [1.54, 1.807) is 0 Å². The van der Waals surface area contributed by atoms with Crippen molar-refractivity contribution in [2.75, 3.05) is 26.4 Å². The van der Waals surface area contributed by atoms with E-state index in [2.05, 4.69) is 28.9 Å². The van der Waals surface area contributed by atoms with Crippen molar-refractivity contribution in [1.82, 2.24) is 4.90 Å². The van der Waals surface area contributed by atoms with E-state index in [1.165, 1.54) is 56.9 Å². The summed E-state index contributed by atoms with van der Waals surface area (Å²) in [6.45, 7) is 0.771. The van der Waals surface area contributed by atoms with E-state index < -0.39 is 0 Å². The SMILES string of the molecule is CN(C)CC#Cc1cc(C2CCCCCCCC2)ccc1N. The van der Waals surface area contributed by atoms with Gasteiger partial charge in [-0.1, -0.05) is 56.4 Å². The second-order valence-corrected chi connectivity index (χ2v) is 6.78. The van der Waals surface area contributed by atoms with Gasteiger partial charge >= 0.3 is 0 Å². The first kappa shape index (κ1) is 16.9. The maximum atomic E-state index is 6.10. The van der Waals surface area contributed by atoms with Crippen LogP contribution in [0.25, 0.3) is 0 Å². The summed E-state index contributed by atoms with van der Waals surface area (Å²) in [7, 11) is 4.07. The molecule has 2 N–H and O–H groups in total. The molecule has 0 amide bonds. The standard InChI is InChI=1S/C20H30N2/c1-22(2)15-9-12-19-16-18(13-14-20(19)21)17-10-7-5-3-4-6-8-11-17/h13-14,16-17H,3-8,10-11,15,21H2,1-2H3. The van der Waals surface area contributed by atoms with Gasteiger partial charge in [0.15, 0.2) is 0 Å². The predicted molar refractivity (Wildman–Crippen MR) is 96.0 cm³/mol.